The van der Waals surface area contributed by atoms with Gasteiger partial charge in [0.15, 0.2) is 0 Å². The van der Waals surface area contributed by atoms with Crippen LogP contribution in [0.5, 0.6) is 0 Å². The third-order valence-corrected chi connectivity index (χ3v) is 4.70. The maximum Gasteiger partial charge on any atom is 0.305 e. The van der Waals surface area contributed by atoms with E-state index in [4.69, 9.17) is 4.74 Å². The first-order valence-electron chi connectivity index (χ1n) is 11.2. The van der Waals surface area contributed by atoms with Crippen molar-refractivity contribution in [1.29, 1.82) is 0 Å². The van der Waals surface area contributed by atoms with Gasteiger partial charge in [0.2, 0.25) is 0 Å². The molecule has 0 unspecified atom stereocenters. The third-order valence-electron chi connectivity index (χ3n) is 4.70. The summed E-state index contributed by atoms with van der Waals surface area (Å²) in [5.41, 5.74) is 0. The molecule has 0 aromatic heterocycles. The largest absolute Gasteiger partial charge is 0.466 e. The molecule has 3 heteroatoms. The lowest BCUT2D eigenvalue weighted by molar-refractivity contribution is -0.143. The molecular formula is C22H45NO2. The maximum absolute atomic E-state index is 11.6. The third kappa shape index (κ3) is 21.4. The second kappa shape index (κ2) is 21.5. The maximum atomic E-state index is 11.6. The minimum Gasteiger partial charge on any atom is -0.466 e. The van der Waals surface area contributed by atoms with Crippen LogP contribution >= 0.6 is 0 Å². The predicted molar refractivity (Wildman–Crippen MR) is 109 cm³/mol. The van der Waals surface area contributed by atoms with Crippen molar-refractivity contribution in [2.45, 2.75) is 117 Å². The van der Waals surface area contributed by atoms with Gasteiger partial charge in [-0.2, -0.15) is 0 Å². The van der Waals surface area contributed by atoms with Crippen molar-refractivity contribution in [3.05, 3.63) is 0 Å². The fourth-order valence-electron chi connectivity index (χ4n) is 3.01. The molecule has 0 aliphatic carbocycles. The van der Waals surface area contributed by atoms with E-state index >= 15 is 0 Å². The van der Waals surface area contributed by atoms with Crippen molar-refractivity contribution in [1.82, 2.24) is 5.32 Å². The number of nitrogens with one attached hydrogen (secondary N) is 1. The number of ether oxygens (including phenoxy) is 1. The number of hydrogen-bond donors (Lipinski definition) is 1. The SMILES string of the molecule is CCCCCCCCCNCCCC(=O)OCCCCCCCCC. The average molecular weight is 356 g/mol. The summed E-state index contributed by atoms with van der Waals surface area (Å²) >= 11 is 0. The second-order valence-corrected chi connectivity index (χ2v) is 7.32. The van der Waals surface area contributed by atoms with E-state index in [1.807, 2.05) is 0 Å². The normalized spacial score (nSPS) is 11.0. The summed E-state index contributed by atoms with van der Waals surface area (Å²) in [6.45, 7) is 7.13. The minimum atomic E-state index is -0.0243. The Morgan fingerprint density at radius 3 is 1.72 bits per heavy atom. The van der Waals surface area contributed by atoms with Gasteiger partial charge >= 0.3 is 5.97 Å². The van der Waals surface area contributed by atoms with Crippen LogP contribution in [0.4, 0.5) is 0 Å². The van der Waals surface area contributed by atoms with E-state index in [-0.39, 0.29) is 5.97 Å². The van der Waals surface area contributed by atoms with Gasteiger partial charge in [-0.25, -0.2) is 0 Å². The van der Waals surface area contributed by atoms with Crippen molar-refractivity contribution in [3.63, 3.8) is 0 Å². The Bertz CT molecular complexity index is 269. The molecule has 0 saturated heterocycles. The summed E-state index contributed by atoms with van der Waals surface area (Å²) in [7, 11) is 0. The van der Waals surface area contributed by atoms with Gasteiger partial charge in [0.1, 0.15) is 0 Å². The molecule has 1 N–H and O–H groups in total. The van der Waals surface area contributed by atoms with E-state index < -0.39 is 0 Å². The fourth-order valence-corrected chi connectivity index (χ4v) is 3.01. The summed E-state index contributed by atoms with van der Waals surface area (Å²) in [6, 6.07) is 0. The van der Waals surface area contributed by atoms with Gasteiger partial charge in [0.05, 0.1) is 6.61 Å². The van der Waals surface area contributed by atoms with Crippen LogP contribution in [0.3, 0.4) is 0 Å². The lowest BCUT2D eigenvalue weighted by Gasteiger charge is -2.06. The first-order valence-corrected chi connectivity index (χ1v) is 11.2. The highest BCUT2D eigenvalue weighted by molar-refractivity contribution is 5.69. The zero-order valence-electron chi connectivity index (χ0n) is 17.3. The predicted octanol–water partition coefficient (Wildman–Crippen LogP) is 6.40. The lowest BCUT2D eigenvalue weighted by Crippen LogP contribution is -2.18. The van der Waals surface area contributed by atoms with E-state index in [2.05, 4.69) is 19.2 Å². The van der Waals surface area contributed by atoms with Crippen LogP contribution < -0.4 is 5.32 Å². The first kappa shape index (κ1) is 24.4. The molecule has 0 amide bonds. The minimum absolute atomic E-state index is 0.0243. The summed E-state index contributed by atoms with van der Waals surface area (Å²) < 4.78 is 5.29. The van der Waals surface area contributed by atoms with Crippen molar-refractivity contribution < 1.29 is 9.53 Å². The Labute approximate surface area is 157 Å². The summed E-state index contributed by atoms with van der Waals surface area (Å²) in [5.74, 6) is -0.0243. The molecule has 0 saturated carbocycles. The number of unbranched alkanes of at least 4 members (excludes halogenated alkanes) is 12. The summed E-state index contributed by atoms with van der Waals surface area (Å²) in [5, 5.41) is 3.44. The first-order chi connectivity index (χ1) is 12.3. The Kier molecular flexibility index (Phi) is 21.0. The van der Waals surface area contributed by atoms with Gasteiger partial charge in [-0.05, 0) is 32.4 Å². The number of carbonyl (C=O) groups is 1. The Morgan fingerprint density at radius 2 is 1.12 bits per heavy atom. The Balaban J connectivity index is 3.13. The van der Waals surface area contributed by atoms with Gasteiger partial charge in [-0.15, -0.1) is 0 Å². The van der Waals surface area contributed by atoms with Gasteiger partial charge < -0.3 is 10.1 Å². The highest BCUT2D eigenvalue weighted by Gasteiger charge is 2.02. The van der Waals surface area contributed by atoms with Crippen LogP contribution in [0.25, 0.3) is 0 Å². The highest BCUT2D eigenvalue weighted by Crippen LogP contribution is 2.07. The van der Waals surface area contributed by atoms with E-state index in [1.165, 1.54) is 83.5 Å². The fraction of sp³-hybridized carbons (Fsp3) is 0.955. The number of hydrogen-bond acceptors (Lipinski definition) is 3. The monoisotopic (exact) mass is 355 g/mol. The molecule has 0 bridgehead atoms. The van der Waals surface area contributed by atoms with Crippen molar-refractivity contribution in [3.8, 4) is 0 Å². The van der Waals surface area contributed by atoms with E-state index in [0.717, 1.165) is 25.9 Å². The standard InChI is InChI=1S/C22H45NO2/c1-3-5-7-9-11-13-15-19-23-20-17-18-22(24)25-21-16-14-12-10-8-6-4-2/h23H,3-21H2,1-2H3. The van der Waals surface area contributed by atoms with E-state index in [0.29, 0.717) is 13.0 Å². The van der Waals surface area contributed by atoms with Crippen molar-refractivity contribution >= 4 is 5.97 Å². The molecule has 0 aromatic carbocycles. The molecule has 0 rings (SSSR count). The summed E-state index contributed by atoms with van der Waals surface area (Å²) in [4.78, 5) is 11.6. The highest BCUT2D eigenvalue weighted by atomic mass is 16.5. The van der Waals surface area contributed by atoms with Crippen molar-refractivity contribution in [2.75, 3.05) is 19.7 Å². The van der Waals surface area contributed by atoms with Gasteiger partial charge in [-0.3, -0.25) is 4.79 Å². The van der Waals surface area contributed by atoms with E-state index in [9.17, 15) is 4.79 Å². The molecule has 0 atom stereocenters. The zero-order valence-corrected chi connectivity index (χ0v) is 17.3. The quantitative estimate of drug-likeness (QED) is 0.203. The van der Waals surface area contributed by atoms with Gasteiger partial charge in [-0.1, -0.05) is 90.9 Å². The van der Waals surface area contributed by atoms with Crippen LogP contribution in [0.15, 0.2) is 0 Å². The molecule has 0 fully saturated rings. The number of rotatable bonds is 20. The Hall–Kier alpha value is -0.570. The molecule has 0 aliphatic rings. The van der Waals surface area contributed by atoms with Crippen LogP contribution in [0, 0.1) is 0 Å². The molecule has 25 heavy (non-hydrogen) atoms. The van der Waals surface area contributed by atoms with Crippen LogP contribution in [0.1, 0.15) is 117 Å². The number of carbonyl (C=O) groups excluding carboxylic acids is 1. The Morgan fingerprint density at radius 1 is 0.640 bits per heavy atom. The molecule has 0 spiro atoms. The molecule has 0 aliphatic heterocycles. The van der Waals surface area contributed by atoms with Crippen LogP contribution in [-0.2, 0) is 9.53 Å². The summed E-state index contributed by atoms with van der Waals surface area (Å²) in [6.07, 6.45) is 19.7. The molecular weight excluding hydrogens is 310 g/mol. The van der Waals surface area contributed by atoms with Crippen LogP contribution in [-0.4, -0.2) is 25.7 Å². The van der Waals surface area contributed by atoms with E-state index in [1.54, 1.807) is 0 Å². The van der Waals surface area contributed by atoms with Crippen LogP contribution in [0.2, 0.25) is 0 Å². The molecule has 0 radical (unpaired) electrons. The molecule has 0 heterocycles. The smallest absolute Gasteiger partial charge is 0.305 e. The van der Waals surface area contributed by atoms with Crippen molar-refractivity contribution in [2.24, 2.45) is 0 Å². The average Bonchev–Trinajstić information content (AvgIpc) is 2.62. The lowest BCUT2D eigenvalue weighted by atomic mass is 10.1. The van der Waals surface area contributed by atoms with Gasteiger partial charge in [0.25, 0.3) is 0 Å². The number of esters is 1. The molecule has 3 nitrogen and oxygen atoms in total. The van der Waals surface area contributed by atoms with Gasteiger partial charge in [0, 0.05) is 6.42 Å². The molecule has 0 aromatic rings. The second-order valence-electron chi connectivity index (χ2n) is 7.32. The zero-order chi connectivity index (χ0) is 18.4. The topological polar surface area (TPSA) is 38.3 Å². The molecule has 150 valence electrons.